The molecule has 0 aliphatic heterocycles. The van der Waals surface area contributed by atoms with Crippen LogP contribution in [0.3, 0.4) is 0 Å². The highest BCUT2D eigenvalue weighted by molar-refractivity contribution is 5.50. The Labute approximate surface area is 109 Å². The summed E-state index contributed by atoms with van der Waals surface area (Å²) in [6.07, 6.45) is 0. The molecular weight excluding hydrogens is 228 g/mol. The first-order chi connectivity index (χ1) is 8.52. The Hall–Kier alpha value is -1.56. The number of aromatic nitrogens is 2. The lowest BCUT2D eigenvalue weighted by Gasteiger charge is -2.21. The van der Waals surface area contributed by atoms with Crippen molar-refractivity contribution in [3.63, 3.8) is 0 Å². The third kappa shape index (κ3) is 4.75. The minimum atomic E-state index is 0.285. The fourth-order valence-electron chi connectivity index (χ4n) is 1.45. The van der Waals surface area contributed by atoms with Gasteiger partial charge in [0.25, 0.3) is 0 Å². The predicted octanol–water partition coefficient (Wildman–Crippen LogP) is 1.24. The second-order valence-electron chi connectivity index (χ2n) is 4.53. The molecule has 6 heteroatoms. The second-order valence-corrected chi connectivity index (χ2v) is 4.53. The van der Waals surface area contributed by atoms with Crippen molar-refractivity contribution in [2.24, 2.45) is 0 Å². The smallest absolute Gasteiger partial charge is 0.223 e. The first kappa shape index (κ1) is 14.5. The van der Waals surface area contributed by atoms with Gasteiger partial charge in [-0.15, -0.1) is 0 Å². The average molecular weight is 252 g/mol. The van der Waals surface area contributed by atoms with Crippen molar-refractivity contribution in [2.75, 3.05) is 43.0 Å². The molecule has 0 spiro atoms. The Bertz CT molecular complexity index is 366. The zero-order valence-corrected chi connectivity index (χ0v) is 11.7. The van der Waals surface area contributed by atoms with E-state index in [9.17, 15) is 0 Å². The zero-order chi connectivity index (χ0) is 13.5. The van der Waals surface area contributed by atoms with Crippen LogP contribution in [-0.2, 0) is 0 Å². The van der Waals surface area contributed by atoms with Crippen molar-refractivity contribution in [3.05, 3.63) is 6.07 Å². The van der Waals surface area contributed by atoms with E-state index in [1.54, 1.807) is 0 Å². The average Bonchev–Trinajstić information content (AvgIpc) is 2.28. The summed E-state index contributed by atoms with van der Waals surface area (Å²) in [6, 6.07) is 2.41. The molecule has 0 bridgehead atoms. The molecule has 0 unspecified atom stereocenters. The maximum absolute atomic E-state index is 5.66. The standard InChI is InChI=1S/C12H24N6/c1-5-14-10-8-11(17-12(13)16-10)15-6-7-18(4)9(2)3/h8-9H,5-7H2,1-4H3,(H4,13,14,15,16,17). The molecule has 0 saturated carbocycles. The second kappa shape index (κ2) is 7.00. The van der Waals surface area contributed by atoms with Crippen molar-refractivity contribution in [1.29, 1.82) is 0 Å². The van der Waals surface area contributed by atoms with Crippen molar-refractivity contribution in [2.45, 2.75) is 26.8 Å². The first-order valence-corrected chi connectivity index (χ1v) is 6.35. The van der Waals surface area contributed by atoms with Crippen LogP contribution in [0.5, 0.6) is 0 Å². The summed E-state index contributed by atoms with van der Waals surface area (Å²) in [5, 5.41) is 6.38. The van der Waals surface area contributed by atoms with Gasteiger partial charge in [-0.2, -0.15) is 9.97 Å². The minimum Gasteiger partial charge on any atom is -0.370 e. The van der Waals surface area contributed by atoms with E-state index in [0.717, 1.165) is 31.3 Å². The highest BCUT2D eigenvalue weighted by atomic mass is 15.2. The number of anilines is 3. The van der Waals surface area contributed by atoms with Crippen LogP contribution >= 0.6 is 0 Å². The topological polar surface area (TPSA) is 79.1 Å². The maximum Gasteiger partial charge on any atom is 0.223 e. The van der Waals surface area contributed by atoms with Gasteiger partial charge in [-0.3, -0.25) is 0 Å². The van der Waals surface area contributed by atoms with Gasteiger partial charge in [-0.1, -0.05) is 0 Å². The van der Waals surface area contributed by atoms with Gasteiger partial charge in [0, 0.05) is 31.7 Å². The van der Waals surface area contributed by atoms with Crippen molar-refractivity contribution in [3.8, 4) is 0 Å². The summed E-state index contributed by atoms with van der Waals surface area (Å²) in [4.78, 5) is 10.5. The molecule has 18 heavy (non-hydrogen) atoms. The monoisotopic (exact) mass is 252 g/mol. The fraction of sp³-hybridized carbons (Fsp3) is 0.667. The number of hydrogen-bond acceptors (Lipinski definition) is 6. The number of likely N-dealkylation sites (N-methyl/N-ethyl adjacent to an activating group) is 1. The van der Waals surface area contributed by atoms with E-state index in [0.29, 0.717) is 6.04 Å². The van der Waals surface area contributed by atoms with E-state index in [-0.39, 0.29) is 5.95 Å². The fourth-order valence-corrected chi connectivity index (χ4v) is 1.45. The van der Waals surface area contributed by atoms with Gasteiger partial charge >= 0.3 is 0 Å². The van der Waals surface area contributed by atoms with Crippen LogP contribution in [-0.4, -0.2) is 47.6 Å². The largest absolute Gasteiger partial charge is 0.370 e. The molecule has 1 rings (SSSR count). The third-order valence-electron chi connectivity index (χ3n) is 2.75. The molecule has 6 nitrogen and oxygen atoms in total. The van der Waals surface area contributed by atoms with Gasteiger partial charge in [0.05, 0.1) is 0 Å². The zero-order valence-electron chi connectivity index (χ0n) is 11.7. The van der Waals surface area contributed by atoms with E-state index < -0.39 is 0 Å². The van der Waals surface area contributed by atoms with E-state index in [2.05, 4.69) is 46.4 Å². The molecule has 0 fully saturated rings. The Morgan fingerprint density at radius 2 is 1.89 bits per heavy atom. The van der Waals surface area contributed by atoms with Gasteiger partial charge in [-0.05, 0) is 27.8 Å². The molecule has 1 aromatic heterocycles. The van der Waals surface area contributed by atoms with E-state index in [1.165, 1.54) is 0 Å². The van der Waals surface area contributed by atoms with E-state index >= 15 is 0 Å². The molecule has 0 aromatic carbocycles. The van der Waals surface area contributed by atoms with E-state index in [1.807, 2.05) is 13.0 Å². The lowest BCUT2D eigenvalue weighted by molar-refractivity contribution is 0.284. The third-order valence-corrected chi connectivity index (χ3v) is 2.75. The summed E-state index contributed by atoms with van der Waals surface area (Å²) in [5.74, 6) is 1.80. The molecule has 1 aromatic rings. The van der Waals surface area contributed by atoms with Crippen LogP contribution in [0.25, 0.3) is 0 Å². The van der Waals surface area contributed by atoms with Crippen molar-refractivity contribution >= 4 is 17.6 Å². The highest BCUT2D eigenvalue weighted by Gasteiger charge is 2.04. The van der Waals surface area contributed by atoms with Gasteiger partial charge in [0.1, 0.15) is 11.6 Å². The van der Waals surface area contributed by atoms with Gasteiger partial charge in [-0.25, -0.2) is 0 Å². The van der Waals surface area contributed by atoms with Crippen LogP contribution in [0.1, 0.15) is 20.8 Å². The molecule has 0 aliphatic carbocycles. The molecule has 0 amide bonds. The van der Waals surface area contributed by atoms with Gasteiger partial charge < -0.3 is 21.3 Å². The number of nitrogens with zero attached hydrogens (tertiary/aromatic N) is 3. The lowest BCUT2D eigenvalue weighted by atomic mass is 10.3. The van der Waals surface area contributed by atoms with Crippen LogP contribution in [0.15, 0.2) is 6.07 Å². The quantitative estimate of drug-likeness (QED) is 0.677. The summed E-state index contributed by atoms with van der Waals surface area (Å²) < 4.78 is 0. The number of nitrogen functional groups attached to an aromatic ring is 1. The molecular formula is C12H24N6. The van der Waals surface area contributed by atoms with Crippen LogP contribution < -0.4 is 16.4 Å². The van der Waals surface area contributed by atoms with Crippen LogP contribution in [0, 0.1) is 0 Å². The Morgan fingerprint density at radius 3 is 2.44 bits per heavy atom. The van der Waals surface area contributed by atoms with E-state index in [4.69, 9.17) is 5.73 Å². The number of rotatable bonds is 7. The normalized spacial score (nSPS) is 11.0. The summed E-state index contributed by atoms with van der Waals surface area (Å²) >= 11 is 0. The summed E-state index contributed by atoms with van der Waals surface area (Å²) in [5.41, 5.74) is 5.66. The maximum atomic E-state index is 5.66. The van der Waals surface area contributed by atoms with Gasteiger partial charge in [0.2, 0.25) is 5.95 Å². The highest BCUT2D eigenvalue weighted by Crippen LogP contribution is 2.11. The lowest BCUT2D eigenvalue weighted by Crippen LogP contribution is -2.31. The Kier molecular flexibility index (Phi) is 5.64. The molecule has 0 atom stereocenters. The van der Waals surface area contributed by atoms with Crippen molar-refractivity contribution < 1.29 is 0 Å². The molecule has 0 radical (unpaired) electrons. The van der Waals surface area contributed by atoms with Crippen LogP contribution in [0.4, 0.5) is 17.6 Å². The Morgan fingerprint density at radius 1 is 1.28 bits per heavy atom. The number of hydrogen-bond donors (Lipinski definition) is 3. The molecule has 0 aliphatic rings. The Balaban J connectivity index is 2.51. The first-order valence-electron chi connectivity index (χ1n) is 6.35. The summed E-state index contributed by atoms with van der Waals surface area (Å²) in [6.45, 7) is 8.96. The predicted molar refractivity (Wildman–Crippen MR) is 76.9 cm³/mol. The SMILES string of the molecule is CCNc1cc(NCCN(C)C(C)C)nc(N)n1. The number of nitrogens with one attached hydrogen (secondary N) is 2. The summed E-state index contributed by atoms with van der Waals surface area (Å²) in [7, 11) is 2.10. The molecule has 4 N–H and O–H groups in total. The number of nitrogens with two attached hydrogens (primary N) is 1. The molecule has 102 valence electrons. The minimum absolute atomic E-state index is 0.285. The molecule has 1 heterocycles. The molecule has 0 saturated heterocycles. The van der Waals surface area contributed by atoms with Crippen molar-refractivity contribution in [1.82, 2.24) is 14.9 Å². The van der Waals surface area contributed by atoms with Gasteiger partial charge in [0.15, 0.2) is 0 Å². The van der Waals surface area contributed by atoms with Crippen LogP contribution in [0.2, 0.25) is 0 Å².